The van der Waals surface area contributed by atoms with Gasteiger partial charge in [-0.2, -0.15) is 0 Å². The molecular formula is C36H24S2. The molecule has 0 saturated carbocycles. The van der Waals surface area contributed by atoms with Crippen molar-refractivity contribution in [2.75, 3.05) is 0 Å². The van der Waals surface area contributed by atoms with Crippen LogP contribution in [-0.4, -0.2) is 0 Å². The van der Waals surface area contributed by atoms with Crippen LogP contribution < -0.4 is 0 Å². The molecule has 0 unspecified atom stereocenters. The summed E-state index contributed by atoms with van der Waals surface area (Å²) in [5, 5.41) is 0. The van der Waals surface area contributed by atoms with Crippen LogP contribution in [0.2, 0.25) is 0 Å². The van der Waals surface area contributed by atoms with Gasteiger partial charge in [-0.25, -0.2) is 0 Å². The minimum atomic E-state index is 1.24. The standard InChI is InChI=1S/C36H24S2/c1-3-11-25(12-4-1)27-19-21-35-31(23-27)29-15-7-9-17-33(29)37-34-18-10-8-16-30(34)32-24-28(20-22-36(32)38-35)26-13-5-2-6-14-26/h1-24H. The predicted molar refractivity (Wildman–Crippen MR) is 163 cm³/mol. The number of hydrogen-bond acceptors (Lipinski definition) is 2. The average Bonchev–Trinajstić information content (AvgIpc) is 2.99. The van der Waals surface area contributed by atoms with E-state index >= 15 is 0 Å². The summed E-state index contributed by atoms with van der Waals surface area (Å²) >= 11 is 3.73. The van der Waals surface area contributed by atoms with Crippen molar-refractivity contribution in [2.45, 2.75) is 19.6 Å². The number of fused-ring (bicyclic) bond motifs is 6. The van der Waals surface area contributed by atoms with Crippen molar-refractivity contribution < 1.29 is 0 Å². The van der Waals surface area contributed by atoms with E-state index < -0.39 is 0 Å². The number of hydrogen-bond donors (Lipinski definition) is 0. The van der Waals surface area contributed by atoms with E-state index in [1.807, 2.05) is 23.5 Å². The third kappa shape index (κ3) is 4.36. The Labute approximate surface area is 232 Å². The zero-order chi connectivity index (χ0) is 25.3. The second-order valence-corrected chi connectivity index (χ2v) is 11.5. The third-order valence-corrected chi connectivity index (χ3v) is 9.27. The monoisotopic (exact) mass is 520 g/mol. The summed E-state index contributed by atoms with van der Waals surface area (Å²) in [6.45, 7) is 0. The van der Waals surface area contributed by atoms with E-state index in [1.165, 1.54) is 64.1 Å². The van der Waals surface area contributed by atoms with Crippen LogP contribution in [0.4, 0.5) is 0 Å². The maximum absolute atomic E-state index is 2.36. The minimum Gasteiger partial charge on any atom is -0.0888 e. The van der Waals surface area contributed by atoms with Crippen LogP contribution in [0.3, 0.4) is 0 Å². The molecule has 1 aliphatic rings. The largest absolute Gasteiger partial charge is 0.0888 e. The Morgan fingerprint density at radius 1 is 0.263 bits per heavy atom. The van der Waals surface area contributed by atoms with E-state index in [0.29, 0.717) is 0 Å². The van der Waals surface area contributed by atoms with Gasteiger partial charge in [-0.05, 0) is 80.9 Å². The Hall–Kier alpha value is -3.98. The highest BCUT2D eigenvalue weighted by Crippen LogP contribution is 2.49. The van der Waals surface area contributed by atoms with Crippen LogP contribution in [0.25, 0.3) is 44.5 Å². The highest BCUT2D eigenvalue weighted by Gasteiger charge is 2.20. The molecule has 2 heteroatoms. The fourth-order valence-electron chi connectivity index (χ4n) is 5.07. The Morgan fingerprint density at radius 3 is 1.08 bits per heavy atom. The lowest BCUT2D eigenvalue weighted by molar-refractivity contribution is 1.32. The van der Waals surface area contributed by atoms with E-state index in [2.05, 4.69) is 146 Å². The maximum Gasteiger partial charge on any atom is 0.0201 e. The molecule has 0 N–H and O–H groups in total. The minimum absolute atomic E-state index is 1.24. The van der Waals surface area contributed by atoms with Crippen LogP contribution in [0.1, 0.15) is 0 Å². The summed E-state index contributed by atoms with van der Waals surface area (Å²) < 4.78 is 0. The van der Waals surface area contributed by atoms with E-state index in [-0.39, 0.29) is 0 Å². The SMILES string of the molecule is c1ccc(-c2ccc3c(c2)-c2ccccc2Sc2ccccc2-c2cc(-c4ccccc4)ccc2S3)cc1. The molecular weight excluding hydrogens is 497 g/mol. The van der Waals surface area contributed by atoms with Gasteiger partial charge in [0.2, 0.25) is 0 Å². The van der Waals surface area contributed by atoms with Crippen LogP contribution in [0, 0.1) is 0 Å². The van der Waals surface area contributed by atoms with Gasteiger partial charge in [-0.15, -0.1) is 0 Å². The highest BCUT2D eigenvalue weighted by molar-refractivity contribution is 8.00. The molecule has 0 radical (unpaired) electrons. The first kappa shape index (κ1) is 23.2. The van der Waals surface area contributed by atoms with Crippen molar-refractivity contribution in [3.63, 3.8) is 0 Å². The Morgan fingerprint density at radius 2 is 0.632 bits per heavy atom. The molecule has 180 valence electrons. The molecule has 0 fully saturated rings. The van der Waals surface area contributed by atoms with Gasteiger partial charge in [0.15, 0.2) is 0 Å². The highest BCUT2D eigenvalue weighted by atomic mass is 32.2. The van der Waals surface area contributed by atoms with Crippen molar-refractivity contribution in [3.8, 4) is 44.5 Å². The van der Waals surface area contributed by atoms with Gasteiger partial charge in [-0.1, -0.05) is 133 Å². The summed E-state index contributed by atoms with van der Waals surface area (Å²) in [4.78, 5) is 5.08. The predicted octanol–water partition coefficient (Wildman–Crippen LogP) is 11.0. The van der Waals surface area contributed by atoms with Crippen molar-refractivity contribution in [3.05, 3.63) is 146 Å². The molecule has 0 bridgehead atoms. The van der Waals surface area contributed by atoms with Gasteiger partial charge >= 0.3 is 0 Å². The lowest BCUT2D eigenvalue weighted by Gasteiger charge is -2.21. The molecule has 0 aromatic heterocycles. The van der Waals surface area contributed by atoms with Crippen LogP contribution in [0.5, 0.6) is 0 Å². The maximum atomic E-state index is 2.36. The fourth-order valence-corrected chi connectivity index (χ4v) is 7.25. The Balaban J connectivity index is 1.47. The molecule has 6 aromatic rings. The van der Waals surface area contributed by atoms with Crippen LogP contribution >= 0.6 is 23.5 Å². The van der Waals surface area contributed by atoms with Gasteiger partial charge in [0.05, 0.1) is 0 Å². The lowest BCUT2D eigenvalue weighted by Crippen LogP contribution is -1.93. The number of rotatable bonds is 2. The molecule has 6 aromatic carbocycles. The van der Waals surface area contributed by atoms with Crippen LogP contribution in [0.15, 0.2) is 165 Å². The van der Waals surface area contributed by atoms with Crippen molar-refractivity contribution in [1.82, 2.24) is 0 Å². The zero-order valence-corrected chi connectivity index (χ0v) is 22.3. The van der Waals surface area contributed by atoms with E-state index in [1.54, 1.807) is 0 Å². The summed E-state index contributed by atoms with van der Waals surface area (Å²) in [6, 6.07) is 52.8. The summed E-state index contributed by atoms with van der Waals surface area (Å²) in [5.74, 6) is 0. The molecule has 1 heterocycles. The topological polar surface area (TPSA) is 0 Å². The molecule has 1 aliphatic heterocycles. The van der Waals surface area contributed by atoms with Crippen LogP contribution in [-0.2, 0) is 0 Å². The molecule has 7 rings (SSSR count). The fraction of sp³-hybridized carbons (Fsp3) is 0. The molecule has 0 aliphatic carbocycles. The Kier molecular flexibility index (Phi) is 6.13. The first-order valence-electron chi connectivity index (χ1n) is 12.8. The lowest BCUT2D eigenvalue weighted by atomic mass is 9.98. The quantitative estimate of drug-likeness (QED) is 0.222. The van der Waals surface area contributed by atoms with Crippen molar-refractivity contribution in [2.24, 2.45) is 0 Å². The summed E-state index contributed by atoms with van der Waals surface area (Å²) in [5.41, 5.74) is 10.0. The molecule has 38 heavy (non-hydrogen) atoms. The molecule has 0 saturated heterocycles. The molecule has 0 nitrogen and oxygen atoms in total. The van der Waals surface area contributed by atoms with Crippen molar-refractivity contribution >= 4 is 23.5 Å². The smallest absolute Gasteiger partial charge is 0.0201 e. The second-order valence-electron chi connectivity index (χ2n) is 9.35. The normalized spacial score (nSPS) is 12.0. The third-order valence-electron chi connectivity index (χ3n) is 6.97. The zero-order valence-electron chi connectivity index (χ0n) is 20.7. The van der Waals surface area contributed by atoms with Gasteiger partial charge in [-0.3, -0.25) is 0 Å². The van der Waals surface area contributed by atoms with E-state index in [0.717, 1.165) is 0 Å². The molecule has 0 atom stereocenters. The molecule has 0 spiro atoms. The van der Waals surface area contributed by atoms with Crippen molar-refractivity contribution in [1.29, 1.82) is 0 Å². The summed E-state index contributed by atoms with van der Waals surface area (Å²) in [6.07, 6.45) is 0. The second kappa shape index (κ2) is 10.1. The van der Waals surface area contributed by atoms with E-state index in [9.17, 15) is 0 Å². The van der Waals surface area contributed by atoms with E-state index in [4.69, 9.17) is 0 Å². The molecule has 0 amide bonds. The number of benzene rings is 6. The first-order chi connectivity index (χ1) is 18.8. The van der Waals surface area contributed by atoms with Gasteiger partial charge in [0.25, 0.3) is 0 Å². The summed E-state index contributed by atoms with van der Waals surface area (Å²) in [7, 11) is 0. The van der Waals surface area contributed by atoms with Gasteiger partial charge < -0.3 is 0 Å². The average molecular weight is 521 g/mol. The van der Waals surface area contributed by atoms with Gasteiger partial charge in [0.1, 0.15) is 0 Å². The Bertz CT molecular complexity index is 1620. The first-order valence-corrected chi connectivity index (χ1v) is 14.4. The van der Waals surface area contributed by atoms with Gasteiger partial charge in [0, 0.05) is 19.6 Å².